The first-order valence-corrected chi connectivity index (χ1v) is 5.15. The lowest BCUT2D eigenvalue weighted by atomic mass is 10.0. The minimum atomic E-state index is -0.816. The van der Waals surface area contributed by atoms with Crippen LogP contribution in [0.3, 0.4) is 0 Å². The van der Waals surface area contributed by atoms with Gasteiger partial charge >= 0.3 is 0 Å². The van der Waals surface area contributed by atoms with Crippen molar-refractivity contribution < 1.29 is 9.59 Å². The summed E-state index contributed by atoms with van der Waals surface area (Å²) in [5, 5.41) is 6.83. The summed E-state index contributed by atoms with van der Waals surface area (Å²) in [6.45, 7) is 7.57. The molecule has 0 bridgehead atoms. The van der Waals surface area contributed by atoms with Crippen molar-refractivity contribution in [1.29, 1.82) is 0 Å². The van der Waals surface area contributed by atoms with Crippen LogP contribution in [-0.4, -0.2) is 48.4 Å². The normalized spacial score (nSPS) is 17.4. The lowest BCUT2D eigenvalue weighted by Gasteiger charge is -2.34. The number of amides is 2. The zero-order valence-electron chi connectivity index (χ0n) is 9.54. The van der Waals surface area contributed by atoms with Gasteiger partial charge in [-0.2, -0.15) is 0 Å². The van der Waals surface area contributed by atoms with Crippen LogP contribution in [0.4, 0.5) is 0 Å². The number of piperazine rings is 1. The second-order valence-corrected chi connectivity index (χ2v) is 4.27. The molecule has 0 atom stereocenters. The Kier molecular flexibility index (Phi) is 3.68. The average Bonchev–Trinajstić information content (AvgIpc) is 2.16. The van der Waals surface area contributed by atoms with E-state index in [9.17, 15) is 9.59 Å². The Balaban J connectivity index is 2.60. The second-order valence-electron chi connectivity index (χ2n) is 4.27. The molecule has 1 radical (unpaired) electrons. The molecule has 1 N–H and O–H groups in total. The fraction of sp³-hybridized carbons (Fsp3) is 0.800. The molecule has 85 valence electrons. The molecular weight excluding hydrogens is 194 g/mol. The number of hydrogen-bond donors (Lipinski definition) is 1. The molecule has 0 aromatic heterocycles. The van der Waals surface area contributed by atoms with Crippen LogP contribution in [0.5, 0.6) is 0 Å². The predicted octanol–water partition coefficient (Wildman–Crippen LogP) is -0.652. The Morgan fingerprint density at radius 1 is 1.27 bits per heavy atom. The van der Waals surface area contributed by atoms with E-state index >= 15 is 0 Å². The summed E-state index contributed by atoms with van der Waals surface area (Å²) in [4.78, 5) is 24.7. The van der Waals surface area contributed by atoms with Gasteiger partial charge in [0, 0.05) is 33.1 Å². The maximum Gasteiger partial charge on any atom is 0.247 e. The van der Waals surface area contributed by atoms with Gasteiger partial charge in [0.05, 0.1) is 0 Å². The first-order chi connectivity index (χ1) is 6.93. The highest BCUT2D eigenvalue weighted by Gasteiger charge is 2.33. The standard InChI is InChI=1S/C10H18N3O2/c1-8(14)12-10(2,3)9(15)13-6-4-11-5-7-13/h4-7H2,1-3H3,(H,12,14). The molecule has 0 aromatic rings. The van der Waals surface area contributed by atoms with Crippen molar-refractivity contribution in [1.82, 2.24) is 15.5 Å². The van der Waals surface area contributed by atoms with E-state index in [0.29, 0.717) is 26.2 Å². The van der Waals surface area contributed by atoms with E-state index in [1.54, 1.807) is 18.7 Å². The van der Waals surface area contributed by atoms with Crippen LogP contribution < -0.4 is 10.6 Å². The number of nitrogens with one attached hydrogen (secondary N) is 1. The summed E-state index contributed by atoms with van der Waals surface area (Å²) in [5.74, 6) is -0.220. The monoisotopic (exact) mass is 212 g/mol. The topological polar surface area (TPSA) is 63.5 Å². The molecule has 0 spiro atoms. The molecule has 1 fully saturated rings. The lowest BCUT2D eigenvalue weighted by molar-refractivity contribution is -0.140. The molecule has 0 aliphatic carbocycles. The summed E-state index contributed by atoms with van der Waals surface area (Å²) in [6.07, 6.45) is 0. The largest absolute Gasteiger partial charge is 0.342 e. The number of rotatable bonds is 2. The van der Waals surface area contributed by atoms with Crippen LogP contribution in [0.1, 0.15) is 20.8 Å². The van der Waals surface area contributed by atoms with Crippen molar-refractivity contribution in [3.8, 4) is 0 Å². The second kappa shape index (κ2) is 4.61. The van der Waals surface area contributed by atoms with E-state index in [0.717, 1.165) is 0 Å². The van der Waals surface area contributed by atoms with E-state index in [2.05, 4.69) is 10.6 Å². The third-order valence-electron chi connectivity index (χ3n) is 2.37. The maximum absolute atomic E-state index is 12.0. The summed E-state index contributed by atoms with van der Waals surface area (Å²) in [5.41, 5.74) is -0.816. The molecule has 2 amide bonds. The first kappa shape index (κ1) is 12.0. The van der Waals surface area contributed by atoms with Gasteiger partial charge in [0.1, 0.15) is 5.54 Å². The van der Waals surface area contributed by atoms with E-state index in [1.807, 2.05) is 0 Å². The molecule has 1 heterocycles. The fourth-order valence-corrected chi connectivity index (χ4v) is 1.70. The van der Waals surface area contributed by atoms with Gasteiger partial charge in [-0.3, -0.25) is 9.59 Å². The highest BCUT2D eigenvalue weighted by Crippen LogP contribution is 2.09. The zero-order valence-corrected chi connectivity index (χ0v) is 9.54. The van der Waals surface area contributed by atoms with Gasteiger partial charge < -0.3 is 10.2 Å². The van der Waals surface area contributed by atoms with Crippen LogP contribution >= 0.6 is 0 Å². The number of nitrogens with zero attached hydrogens (tertiary/aromatic N) is 2. The molecule has 5 heteroatoms. The third kappa shape index (κ3) is 3.20. The molecule has 5 nitrogen and oxygen atoms in total. The fourth-order valence-electron chi connectivity index (χ4n) is 1.70. The quantitative estimate of drug-likeness (QED) is 0.661. The number of hydrogen-bond acceptors (Lipinski definition) is 2. The summed E-state index contributed by atoms with van der Waals surface area (Å²) < 4.78 is 0. The first-order valence-electron chi connectivity index (χ1n) is 5.15. The van der Waals surface area contributed by atoms with Gasteiger partial charge in [-0.1, -0.05) is 0 Å². The van der Waals surface area contributed by atoms with Crippen LogP contribution in [-0.2, 0) is 9.59 Å². The maximum atomic E-state index is 12.0. The van der Waals surface area contributed by atoms with E-state index < -0.39 is 5.54 Å². The van der Waals surface area contributed by atoms with E-state index in [1.165, 1.54) is 6.92 Å². The lowest BCUT2D eigenvalue weighted by Crippen LogP contribution is -2.58. The minimum absolute atomic E-state index is 0.0346. The van der Waals surface area contributed by atoms with Gasteiger partial charge in [-0.05, 0) is 13.8 Å². The number of carbonyl (C=O) groups excluding carboxylic acids is 2. The molecule has 0 aromatic carbocycles. The molecule has 1 saturated heterocycles. The van der Waals surface area contributed by atoms with Crippen molar-refractivity contribution in [2.45, 2.75) is 26.3 Å². The Hall–Kier alpha value is -1.10. The van der Waals surface area contributed by atoms with Gasteiger partial charge in [-0.15, -0.1) is 0 Å². The third-order valence-corrected chi connectivity index (χ3v) is 2.37. The van der Waals surface area contributed by atoms with Gasteiger partial charge in [0.15, 0.2) is 0 Å². The Bertz CT molecular complexity index is 257. The smallest absolute Gasteiger partial charge is 0.247 e. The highest BCUT2D eigenvalue weighted by molar-refractivity contribution is 5.90. The van der Waals surface area contributed by atoms with Gasteiger partial charge in [0.2, 0.25) is 11.8 Å². The summed E-state index contributed by atoms with van der Waals surface area (Å²) in [6, 6.07) is 0. The summed E-state index contributed by atoms with van der Waals surface area (Å²) >= 11 is 0. The molecule has 15 heavy (non-hydrogen) atoms. The Labute approximate surface area is 90.2 Å². The molecule has 0 saturated carbocycles. The van der Waals surface area contributed by atoms with Gasteiger partial charge in [0.25, 0.3) is 0 Å². The average molecular weight is 212 g/mol. The van der Waals surface area contributed by atoms with Crippen molar-refractivity contribution >= 4 is 11.8 Å². The Morgan fingerprint density at radius 2 is 1.80 bits per heavy atom. The zero-order chi connectivity index (χ0) is 11.5. The molecule has 1 aliphatic rings. The molecular formula is C10H18N3O2. The van der Waals surface area contributed by atoms with Crippen LogP contribution in [0.15, 0.2) is 0 Å². The van der Waals surface area contributed by atoms with Crippen LogP contribution in [0.25, 0.3) is 0 Å². The number of carbonyl (C=O) groups is 2. The Morgan fingerprint density at radius 3 is 2.27 bits per heavy atom. The highest BCUT2D eigenvalue weighted by atomic mass is 16.2. The van der Waals surface area contributed by atoms with Crippen molar-refractivity contribution in [3.63, 3.8) is 0 Å². The molecule has 1 rings (SSSR count). The van der Waals surface area contributed by atoms with Crippen molar-refractivity contribution in [2.75, 3.05) is 26.2 Å². The van der Waals surface area contributed by atoms with Crippen LogP contribution in [0.2, 0.25) is 0 Å². The van der Waals surface area contributed by atoms with E-state index in [4.69, 9.17) is 0 Å². The molecule has 0 unspecified atom stereocenters. The van der Waals surface area contributed by atoms with E-state index in [-0.39, 0.29) is 11.8 Å². The predicted molar refractivity (Wildman–Crippen MR) is 56.3 cm³/mol. The van der Waals surface area contributed by atoms with Crippen molar-refractivity contribution in [3.05, 3.63) is 0 Å². The van der Waals surface area contributed by atoms with Crippen molar-refractivity contribution in [2.24, 2.45) is 0 Å². The van der Waals surface area contributed by atoms with Gasteiger partial charge in [-0.25, -0.2) is 5.32 Å². The summed E-state index contributed by atoms with van der Waals surface area (Å²) in [7, 11) is 0. The SMILES string of the molecule is CC(=O)NC(C)(C)C(=O)N1CC[N]CC1. The minimum Gasteiger partial charge on any atom is -0.342 e. The van der Waals surface area contributed by atoms with Crippen LogP contribution in [0, 0.1) is 0 Å². The molecule has 1 aliphatic heterocycles.